The van der Waals surface area contributed by atoms with E-state index in [0.717, 1.165) is 5.56 Å². The molecule has 28 heavy (non-hydrogen) atoms. The van der Waals surface area contributed by atoms with Crippen molar-refractivity contribution in [3.63, 3.8) is 0 Å². The first kappa shape index (κ1) is 19.7. The highest BCUT2D eigenvalue weighted by atomic mass is 32.2. The molecule has 0 amide bonds. The lowest BCUT2D eigenvalue weighted by Crippen LogP contribution is -2.22. The molecule has 0 atom stereocenters. The fraction of sp³-hybridized carbons (Fsp3) is 0.227. The average molecular weight is 392 g/mol. The van der Waals surface area contributed by atoms with Crippen LogP contribution in [0.25, 0.3) is 5.52 Å². The van der Waals surface area contributed by atoms with Crippen molar-refractivity contribution in [3.8, 4) is 6.07 Å². The van der Waals surface area contributed by atoms with Gasteiger partial charge in [0.25, 0.3) is 5.56 Å². The molecule has 3 rings (SSSR count). The molecule has 2 aromatic heterocycles. The fourth-order valence-corrected chi connectivity index (χ4v) is 3.73. The monoisotopic (exact) mass is 392 g/mol. The molecular weight excluding hydrogens is 372 g/mol. The third-order valence-corrected chi connectivity index (χ3v) is 5.36. The van der Waals surface area contributed by atoms with Gasteiger partial charge < -0.3 is 4.74 Å². The van der Waals surface area contributed by atoms with Crippen LogP contribution in [0.1, 0.15) is 46.8 Å². The van der Waals surface area contributed by atoms with Crippen molar-refractivity contribution in [2.24, 2.45) is 0 Å². The van der Waals surface area contributed by atoms with Gasteiger partial charge in [0.15, 0.2) is 0 Å². The minimum absolute atomic E-state index is 0.0514. The van der Waals surface area contributed by atoms with Gasteiger partial charge in [-0.15, -0.1) is 11.8 Å². The van der Waals surface area contributed by atoms with Crippen LogP contribution in [0.15, 0.2) is 58.4 Å². The molecule has 0 saturated heterocycles. The molecule has 142 valence electrons. The van der Waals surface area contributed by atoms with Crippen LogP contribution in [0.2, 0.25) is 0 Å². The van der Waals surface area contributed by atoms with Crippen LogP contribution in [0, 0.1) is 11.3 Å². The van der Waals surface area contributed by atoms with Crippen molar-refractivity contribution in [2.75, 3.05) is 6.26 Å². The summed E-state index contributed by atoms with van der Waals surface area (Å²) in [6.07, 6.45) is 3.28. The molecule has 5 nitrogen and oxygen atoms in total. The van der Waals surface area contributed by atoms with Crippen LogP contribution in [-0.4, -0.2) is 16.6 Å². The summed E-state index contributed by atoms with van der Waals surface area (Å²) in [5.41, 5.74) is 2.26. The van der Waals surface area contributed by atoms with Gasteiger partial charge in [0.2, 0.25) is 0 Å². The maximum Gasteiger partial charge on any atom is 0.341 e. The summed E-state index contributed by atoms with van der Waals surface area (Å²) >= 11 is 1.19. The molecule has 0 unspecified atom stereocenters. The minimum Gasteiger partial charge on any atom is -0.457 e. The van der Waals surface area contributed by atoms with Gasteiger partial charge in [-0.1, -0.05) is 44.2 Å². The first-order valence-electron chi connectivity index (χ1n) is 8.85. The summed E-state index contributed by atoms with van der Waals surface area (Å²) < 4.78 is 6.84. The van der Waals surface area contributed by atoms with Crippen LogP contribution in [0.4, 0.5) is 0 Å². The number of carbonyl (C=O) groups is 1. The van der Waals surface area contributed by atoms with E-state index in [9.17, 15) is 14.9 Å². The molecule has 0 fully saturated rings. The largest absolute Gasteiger partial charge is 0.457 e. The standard InChI is InChI=1S/C22H20N2O3S/c1-14(2)16-9-7-15(8-10-16)13-27-22(26)19-18-6-4-5-11-24(18)21(25)17(12-23)20(19)28-3/h4-11,14H,13H2,1-3H3. The molecular formula is C22H20N2O3S. The Morgan fingerprint density at radius 1 is 1.21 bits per heavy atom. The molecule has 0 spiro atoms. The quantitative estimate of drug-likeness (QED) is 0.476. The van der Waals surface area contributed by atoms with E-state index in [2.05, 4.69) is 13.8 Å². The Hall–Kier alpha value is -3.04. The first-order valence-corrected chi connectivity index (χ1v) is 10.1. The Bertz CT molecular complexity index is 1130. The maximum atomic E-state index is 12.9. The molecule has 2 heterocycles. The second-order valence-electron chi connectivity index (χ2n) is 6.63. The SMILES string of the molecule is CSc1c(C#N)c(=O)n2ccccc2c1C(=O)OCc1ccc(C(C)C)cc1. The highest BCUT2D eigenvalue weighted by Gasteiger charge is 2.23. The zero-order valence-corrected chi connectivity index (χ0v) is 16.7. The van der Waals surface area contributed by atoms with E-state index in [0.29, 0.717) is 16.3 Å². The zero-order valence-electron chi connectivity index (χ0n) is 15.9. The number of benzene rings is 1. The Labute approximate surface area is 167 Å². The number of hydrogen-bond acceptors (Lipinski definition) is 5. The van der Waals surface area contributed by atoms with E-state index in [4.69, 9.17) is 4.74 Å². The fourth-order valence-electron chi connectivity index (χ4n) is 3.00. The molecule has 0 aliphatic rings. The molecule has 0 aliphatic heterocycles. The topological polar surface area (TPSA) is 71.6 Å². The van der Waals surface area contributed by atoms with Gasteiger partial charge in [-0.25, -0.2) is 4.79 Å². The molecule has 0 N–H and O–H groups in total. The highest BCUT2D eigenvalue weighted by Crippen LogP contribution is 2.27. The summed E-state index contributed by atoms with van der Waals surface area (Å²) in [6.45, 7) is 4.35. The predicted molar refractivity (Wildman–Crippen MR) is 110 cm³/mol. The Morgan fingerprint density at radius 3 is 2.54 bits per heavy atom. The third-order valence-electron chi connectivity index (χ3n) is 4.54. The third kappa shape index (κ3) is 3.67. The Kier molecular flexibility index (Phi) is 5.86. The molecule has 3 aromatic rings. The van der Waals surface area contributed by atoms with E-state index in [-0.39, 0.29) is 17.7 Å². The Balaban J connectivity index is 1.98. The normalized spacial score (nSPS) is 10.8. The number of rotatable bonds is 5. The summed E-state index contributed by atoms with van der Waals surface area (Å²) in [7, 11) is 0. The van der Waals surface area contributed by atoms with Gasteiger partial charge in [-0.2, -0.15) is 5.26 Å². The van der Waals surface area contributed by atoms with Crippen molar-refractivity contribution in [2.45, 2.75) is 31.3 Å². The van der Waals surface area contributed by atoms with Gasteiger partial charge in [0.05, 0.1) is 11.1 Å². The van der Waals surface area contributed by atoms with E-state index in [1.165, 1.54) is 21.7 Å². The van der Waals surface area contributed by atoms with Crippen molar-refractivity contribution in [1.29, 1.82) is 5.26 Å². The maximum absolute atomic E-state index is 12.9. The molecule has 0 saturated carbocycles. The number of ether oxygens (including phenoxy) is 1. The molecule has 6 heteroatoms. The van der Waals surface area contributed by atoms with E-state index >= 15 is 0 Å². The zero-order chi connectivity index (χ0) is 20.3. The number of nitriles is 1. The van der Waals surface area contributed by atoms with E-state index in [1.807, 2.05) is 30.3 Å². The number of thioether (sulfide) groups is 1. The lowest BCUT2D eigenvalue weighted by Gasteiger charge is -2.13. The van der Waals surface area contributed by atoms with Gasteiger partial charge >= 0.3 is 5.97 Å². The summed E-state index contributed by atoms with van der Waals surface area (Å²) in [5, 5.41) is 9.45. The van der Waals surface area contributed by atoms with Gasteiger partial charge in [-0.05, 0) is 35.4 Å². The molecule has 0 radical (unpaired) electrons. The average Bonchev–Trinajstić information content (AvgIpc) is 2.72. The van der Waals surface area contributed by atoms with Crippen LogP contribution in [0.5, 0.6) is 0 Å². The van der Waals surface area contributed by atoms with Crippen LogP contribution < -0.4 is 5.56 Å². The van der Waals surface area contributed by atoms with Crippen molar-refractivity contribution >= 4 is 23.2 Å². The Morgan fingerprint density at radius 2 is 1.93 bits per heavy atom. The van der Waals surface area contributed by atoms with E-state index in [1.54, 1.807) is 30.7 Å². The number of carbonyl (C=O) groups excluding carboxylic acids is 1. The van der Waals surface area contributed by atoms with Crippen LogP contribution >= 0.6 is 11.8 Å². The molecule has 0 aliphatic carbocycles. The first-order chi connectivity index (χ1) is 13.5. The lowest BCUT2D eigenvalue weighted by atomic mass is 10.0. The number of aromatic nitrogens is 1. The summed E-state index contributed by atoms with van der Waals surface area (Å²) in [6, 6.07) is 14.9. The highest BCUT2D eigenvalue weighted by molar-refractivity contribution is 7.98. The molecule has 1 aromatic carbocycles. The summed E-state index contributed by atoms with van der Waals surface area (Å²) in [4.78, 5) is 25.8. The van der Waals surface area contributed by atoms with Gasteiger partial charge in [0, 0.05) is 11.1 Å². The van der Waals surface area contributed by atoms with Crippen molar-refractivity contribution < 1.29 is 9.53 Å². The second kappa shape index (κ2) is 8.32. The number of pyridine rings is 2. The van der Waals surface area contributed by atoms with Crippen LogP contribution in [0.3, 0.4) is 0 Å². The lowest BCUT2D eigenvalue weighted by molar-refractivity contribution is 0.0470. The van der Waals surface area contributed by atoms with E-state index < -0.39 is 11.5 Å². The van der Waals surface area contributed by atoms with Gasteiger partial charge in [0.1, 0.15) is 18.2 Å². The van der Waals surface area contributed by atoms with Gasteiger partial charge in [-0.3, -0.25) is 9.20 Å². The van der Waals surface area contributed by atoms with Crippen molar-refractivity contribution in [1.82, 2.24) is 4.40 Å². The number of esters is 1. The van der Waals surface area contributed by atoms with Crippen molar-refractivity contribution in [3.05, 3.63) is 81.3 Å². The van der Waals surface area contributed by atoms with Crippen LogP contribution in [-0.2, 0) is 11.3 Å². The molecule has 0 bridgehead atoms. The minimum atomic E-state index is -0.558. The summed E-state index contributed by atoms with van der Waals surface area (Å²) in [5.74, 6) is -0.128. The number of hydrogen-bond donors (Lipinski definition) is 0. The predicted octanol–water partition coefficient (Wildman–Crippen LogP) is 4.37. The smallest absolute Gasteiger partial charge is 0.341 e. The number of fused-ring (bicyclic) bond motifs is 1. The second-order valence-corrected chi connectivity index (χ2v) is 7.44. The number of nitrogens with zero attached hydrogens (tertiary/aromatic N) is 2.